The lowest BCUT2D eigenvalue weighted by Gasteiger charge is -2.19. The summed E-state index contributed by atoms with van der Waals surface area (Å²) < 4.78 is 5.53. The first-order valence-electron chi connectivity index (χ1n) is 11.8. The molecule has 0 saturated carbocycles. The maximum absolute atomic E-state index is 12.4. The second-order valence-electron chi connectivity index (χ2n) is 9.47. The van der Waals surface area contributed by atoms with Gasteiger partial charge < -0.3 is 20.5 Å². The molecule has 0 radical (unpaired) electrons. The van der Waals surface area contributed by atoms with Crippen LogP contribution in [0.1, 0.15) is 57.1 Å². The summed E-state index contributed by atoms with van der Waals surface area (Å²) in [6, 6.07) is 15.8. The van der Waals surface area contributed by atoms with E-state index in [1.165, 1.54) is 0 Å². The zero-order valence-corrected chi connectivity index (χ0v) is 20.0. The number of rotatable bonds is 11. The van der Waals surface area contributed by atoms with Crippen molar-refractivity contribution >= 4 is 18.0 Å². The van der Waals surface area contributed by atoms with Gasteiger partial charge in [-0.3, -0.25) is 9.59 Å². The number of fused-ring (bicyclic) bond motifs is 3. The Kier molecular flexibility index (Phi) is 8.68. The first kappa shape index (κ1) is 25.3. The average molecular weight is 467 g/mol. The van der Waals surface area contributed by atoms with Crippen LogP contribution in [0.5, 0.6) is 0 Å². The van der Waals surface area contributed by atoms with E-state index in [2.05, 4.69) is 34.9 Å². The van der Waals surface area contributed by atoms with Gasteiger partial charge in [0.2, 0.25) is 5.91 Å². The number of carboxylic acid groups (broad SMARTS) is 1. The highest BCUT2D eigenvalue weighted by Crippen LogP contribution is 2.44. The summed E-state index contributed by atoms with van der Waals surface area (Å²) in [6.07, 6.45) is 0.267. The molecule has 3 N–H and O–H groups in total. The van der Waals surface area contributed by atoms with Crippen LogP contribution < -0.4 is 10.6 Å². The fourth-order valence-electron chi connectivity index (χ4n) is 4.65. The Morgan fingerprint density at radius 3 is 2.09 bits per heavy atom. The number of carboxylic acids is 1. The molecular formula is C27H34N2O5. The van der Waals surface area contributed by atoms with Crippen molar-refractivity contribution in [2.24, 2.45) is 11.8 Å². The molecule has 7 heteroatoms. The number of hydrogen-bond acceptors (Lipinski definition) is 4. The molecule has 0 aromatic heterocycles. The SMILES string of the molecule is CC(C)CC(CNC(=O)CC(C)NC(=O)OCC1c2ccccc2-c2ccccc21)CC(=O)O. The van der Waals surface area contributed by atoms with Gasteiger partial charge in [-0.15, -0.1) is 0 Å². The number of amides is 2. The molecule has 2 aromatic carbocycles. The van der Waals surface area contributed by atoms with Crippen molar-refractivity contribution in [3.8, 4) is 11.1 Å². The van der Waals surface area contributed by atoms with Gasteiger partial charge in [-0.05, 0) is 47.4 Å². The van der Waals surface area contributed by atoms with Crippen LogP contribution in [0.2, 0.25) is 0 Å². The van der Waals surface area contributed by atoms with Crippen LogP contribution >= 0.6 is 0 Å². The lowest BCUT2D eigenvalue weighted by atomic mass is 9.94. The zero-order chi connectivity index (χ0) is 24.7. The maximum Gasteiger partial charge on any atom is 0.407 e. The van der Waals surface area contributed by atoms with Crippen LogP contribution in [0.15, 0.2) is 48.5 Å². The minimum atomic E-state index is -0.870. The van der Waals surface area contributed by atoms with Crippen molar-refractivity contribution in [2.75, 3.05) is 13.2 Å². The van der Waals surface area contributed by atoms with Crippen LogP contribution in [0.25, 0.3) is 11.1 Å². The summed E-state index contributed by atoms with van der Waals surface area (Å²) in [4.78, 5) is 35.7. The predicted octanol–water partition coefficient (Wildman–Crippen LogP) is 4.56. The third kappa shape index (κ3) is 6.83. The Morgan fingerprint density at radius 1 is 0.941 bits per heavy atom. The Labute approximate surface area is 200 Å². The molecule has 2 amide bonds. The van der Waals surface area contributed by atoms with Gasteiger partial charge in [0.1, 0.15) is 6.61 Å². The average Bonchev–Trinajstić information content (AvgIpc) is 3.09. The van der Waals surface area contributed by atoms with E-state index in [1.54, 1.807) is 6.92 Å². The highest BCUT2D eigenvalue weighted by Gasteiger charge is 2.29. The van der Waals surface area contributed by atoms with Gasteiger partial charge >= 0.3 is 12.1 Å². The van der Waals surface area contributed by atoms with Crippen LogP contribution in [-0.4, -0.2) is 42.3 Å². The molecule has 1 aliphatic rings. The molecule has 2 atom stereocenters. The van der Waals surface area contributed by atoms with Crippen LogP contribution in [0, 0.1) is 11.8 Å². The van der Waals surface area contributed by atoms with E-state index in [1.807, 2.05) is 38.1 Å². The fraction of sp³-hybridized carbons (Fsp3) is 0.444. The highest BCUT2D eigenvalue weighted by molar-refractivity contribution is 5.79. The van der Waals surface area contributed by atoms with Crippen molar-refractivity contribution in [2.45, 2.75) is 52.0 Å². The monoisotopic (exact) mass is 466 g/mol. The van der Waals surface area contributed by atoms with Gasteiger partial charge in [0, 0.05) is 31.3 Å². The summed E-state index contributed by atoms with van der Waals surface area (Å²) in [7, 11) is 0. The topological polar surface area (TPSA) is 105 Å². The minimum absolute atomic E-state index is 0.0199. The zero-order valence-electron chi connectivity index (χ0n) is 20.0. The molecule has 0 saturated heterocycles. The van der Waals surface area contributed by atoms with Gasteiger partial charge in [-0.1, -0.05) is 62.4 Å². The highest BCUT2D eigenvalue weighted by atomic mass is 16.5. The number of ether oxygens (including phenoxy) is 1. The third-order valence-corrected chi connectivity index (χ3v) is 6.06. The summed E-state index contributed by atoms with van der Waals surface area (Å²) in [5.74, 6) is -0.901. The number of hydrogen-bond donors (Lipinski definition) is 3. The van der Waals surface area contributed by atoms with Crippen molar-refractivity contribution in [3.63, 3.8) is 0 Å². The lowest BCUT2D eigenvalue weighted by molar-refractivity contribution is -0.138. The molecule has 2 unspecified atom stereocenters. The van der Waals surface area contributed by atoms with E-state index in [4.69, 9.17) is 9.84 Å². The Hall–Kier alpha value is -3.35. The van der Waals surface area contributed by atoms with E-state index >= 15 is 0 Å². The smallest absolute Gasteiger partial charge is 0.407 e. The molecule has 182 valence electrons. The predicted molar refractivity (Wildman–Crippen MR) is 130 cm³/mol. The quantitative estimate of drug-likeness (QED) is 0.450. The summed E-state index contributed by atoms with van der Waals surface area (Å²) >= 11 is 0. The Bertz CT molecular complexity index is 974. The normalized spacial score (nSPS) is 14.1. The molecule has 0 heterocycles. The molecule has 0 spiro atoms. The Morgan fingerprint density at radius 2 is 1.53 bits per heavy atom. The second kappa shape index (κ2) is 11.7. The molecule has 0 aliphatic heterocycles. The molecule has 34 heavy (non-hydrogen) atoms. The van der Waals surface area contributed by atoms with E-state index < -0.39 is 18.1 Å². The number of nitrogens with one attached hydrogen (secondary N) is 2. The maximum atomic E-state index is 12.4. The number of aliphatic carboxylic acids is 1. The third-order valence-electron chi connectivity index (χ3n) is 6.06. The molecule has 1 aliphatic carbocycles. The van der Waals surface area contributed by atoms with Crippen molar-refractivity contribution in [1.29, 1.82) is 0 Å². The first-order valence-corrected chi connectivity index (χ1v) is 11.8. The van der Waals surface area contributed by atoms with E-state index in [9.17, 15) is 14.4 Å². The molecule has 0 bridgehead atoms. The summed E-state index contributed by atoms with van der Waals surface area (Å²) in [5, 5.41) is 14.6. The number of carbonyl (C=O) groups is 3. The van der Waals surface area contributed by atoms with E-state index in [0.717, 1.165) is 28.7 Å². The van der Waals surface area contributed by atoms with Gasteiger partial charge in [-0.25, -0.2) is 4.79 Å². The largest absolute Gasteiger partial charge is 0.481 e. The van der Waals surface area contributed by atoms with Gasteiger partial charge in [0.15, 0.2) is 0 Å². The fourth-order valence-corrected chi connectivity index (χ4v) is 4.65. The van der Waals surface area contributed by atoms with Crippen molar-refractivity contribution in [3.05, 3.63) is 59.7 Å². The summed E-state index contributed by atoms with van der Waals surface area (Å²) in [6.45, 7) is 6.31. The number of alkyl carbamates (subject to hydrolysis) is 1. The molecule has 2 aromatic rings. The van der Waals surface area contributed by atoms with E-state index in [0.29, 0.717) is 12.5 Å². The van der Waals surface area contributed by atoms with Crippen LogP contribution in [0.4, 0.5) is 4.79 Å². The number of carbonyl (C=O) groups excluding carboxylic acids is 2. The minimum Gasteiger partial charge on any atom is -0.481 e. The number of benzene rings is 2. The molecule has 0 fully saturated rings. The first-order chi connectivity index (χ1) is 16.2. The molecule has 7 nitrogen and oxygen atoms in total. The van der Waals surface area contributed by atoms with Gasteiger partial charge in [0.25, 0.3) is 0 Å². The van der Waals surface area contributed by atoms with Crippen molar-refractivity contribution in [1.82, 2.24) is 10.6 Å². The van der Waals surface area contributed by atoms with Crippen molar-refractivity contribution < 1.29 is 24.2 Å². The van der Waals surface area contributed by atoms with E-state index in [-0.39, 0.29) is 37.2 Å². The van der Waals surface area contributed by atoms with Crippen LogP contribution in [0.3, 0.4) is 0 Å². The van der Waals surface area contributed by atoms with Gasteiger partial charge in [-0.2, -0.15) is 0 Å². The van der Waals surface area contributed by atoms with Gasteiger partial charge in [0.05, 0.1) is 0 Å². The summed E-state index contributed by atoms with van der Waals surface area (Å²) in [5.41, 5.74) is 4.61. The lowest BCUT2D eigenvalue weighted by Crippen LogP contribution is -2.39. The standard InChI is InChI=1S/C27H34N2O5/c1-17(2)12-19(14-26(31)32)15-28-25(30)13-18(3)29-27(33)34-16-24-22-10-6-4-8-20(22)21-9-5-7-11-23(21)24/h4-11,17-19,24H,12-16H2,1-3H3,(H,28,30)(H,29,33)(H,31,32). The Balaban J connectivity index is 1.46. The second-order valence-corrected chi connectivity index (χ2v) is 9.47. The van der Waals surface area contributed by atoms with Crippen LogP contribution in [-0.2, 0) is 14.3 Å². The molecule has 3 rings (SSSR count). The molecular weight excluding hydrogens is 432 g/mol.